The number of aromatic amines is 1. The van der Waals surface area contributed by atoms with E-state index in [9.17, 15) is 9.59 Å². The Labute approximate surface area is 124 Å². The lowest BCUT2D eigenvalue weighted by Gasteiger charge is -2.10. The molecule has 0 fully saturated rings. The fraction of sp³-hybridized carbons (Fsp3) is 0.200. The quantitative estimate of drug-likeness (QED) is 0.775. The van der Waals surface area contributed by atoms with Crippen LogP contribution in [0.15, 0.2) is 46.0 Å². The fourth-order valence-electron chi connectivity index (χ4n) is 2.27. The Morgan fingerprint density at radius 3 is 2.67 bits per heavy atom. The first-order chi connectivity index (χ1) is 10.1. The van der Waals surface area contributed by atoms with E-state index < -0.39 is 5.69 Å². The summed E-state index contributed by atoms with van der Waals surface area (Å²) in [6.45, 7) is 2.00. The summed E-state index contributed by atoms with van der Waals surface area (Å²) in [7, 11) is 0. The van der Waals surface area contributed by atoms with Crippen LogP contribution < -0.4 is 17.0 Å². The standard InChI is InChI=1S/C15H15N3O2S/c1-9(8-16)18-14(19)11-7-12(10-5-3-2-4-6-10)21-13(11)17-15(18)20/h2-7,9H,8,16H2,1H3,(H,17,20). The fourth-order valence-corrected chi connectivity index (χ4v) is 3.32. The number of hydrogen-bond acceptors (Lipinski definition) is 4. The van der Waals surface area contributed by atoms with Crippen LogP contribution >= 0.6 is 11.3 Å². The van der Waals surface area contributed by atoms with E-state index in [1.54, 1.807) is 6.92 Å². The van der Waals surface area contributed by atoms with Crippen molar-refractivity contribution in [2.75, 3.05) is 6.54 Å². The van der Waals surface area contributed by atoms with Gasteiger partial charge in [-0.1, -0.05) is 30.3 Å². The number of hydrogen-bond donors (Lipinski definition) is 2. The normalized spacial score (nSPS) is 12.7. The Morgan fingerprint density at radius 1 is 1.29 bits per heavy atom. The van der Waals surface area contributed by atoms with Gasteiger partial charge in [-0.3, -0.25) is 14.3 Å². The summed E-state index contributed by atoms with van der Waals surface area (Å²) in [5, 5.41) is 0.527. The topological polar surface area (TPSA) is 80.9 Å². The second-order valence-corrected chi connectivity index (χ2v) is 5.96. The van der Waals surface area contributed by atoms with Crippen molar-refractivity contribution in [1.82, 2.24) is 9.55 Å². The van der Waals surface area contributed by atoms with Gasteiger partial charge in [-0.05, 0) is 18.6 Å². The van der Waals surface area contributed by atoms with Gasteiger partial charge in [0.1, 0.15) is 4.83 Å². The molecule has 3 rings (SSSR count). The van der Waals surface area contributed by atoms with Crippen molar-refractivity contribution < 1.29 is 0 Å². The van der Waals surface area contributed by atoms with E-state index in [2.05, 4.69) is 4.98 Å². The highest BCUT2D eigenvalue weighted by molar-refractivity contribution is 7.21. The number of fused-ring (bicyclic) bond motifs is 1. The molecule has 3 aromatic rings. The average molecular weight is 301 g/mol. The molecule has 0 radical (unpaired) electrons. The van der Waals surface area contributed by atoms with Crippen molar-refractivity contribution in [3.05, 3.63) is 57.2 Å². The lowest BCUT2D eigenvalue weighted by molar-refractivity contribution is 0.518. The Kier molecular flexibility index (Phi) is 3.48. The number of aromatic nitrogens is 2. The number of thiophene rings is 1. The van der Waals surface area contributed by atoms with Crippen LogP contribution in [0, 0.1) is 0 Å². The molecule has 3 N–H and O–H groups in total. The van der Waals surface area contributed by atoms with E-state index >= 15 is 0 Å². The minimum Gasteiger partial charge on any atom is -0.328 e. The monoisotopic (exact) mass is 301 g/mol. The summed E-state index contributed by atoms with van der Waals surface area (Å²) in [5.74, 6) is 0. The molecule has 1 unspecified atom stereocenters. The van der Waals surface area contributed by atoms with Gasteiger partial charge in [-0.15, -0.1) is 11.3 Å². The number of rotatable bonds is 3. The lowest BCUT2D eigenvalue weighted by atomic mass is 10.2. The molecule has 0 aliphatic rings. The number of nitrogens with zero attached hydrogens (tertiary/aromatic N) is 1. The smallest absolute Gasteiger partial charge is 0.328 e. The summed E-state index contributed by atoms with van der Waals surface area (Å²) in [6.07, 6.45) is 0. The van der Waals surface area contributed by atoms with Crippen molar-refractivity contribution >= 4 is 21.6 Å². The highest BCUT2D eigenvalue weighted by Crippen LogP contribution is 2.30. The van der Waals surface area contributed by atoms with Gasteiger partial charge in [0.25, 0.3) is 5.56 Å². The zero-order valence-electron chi connectivity index (χ0n) is 11.5. The Morgan fingerprint density at radius 2 is 2.00 bits per heavy atom. The number of H-pyrrole nitrogens is 1. The maximum Gasteiger partial charge on any atom is 0.329 e. The molecular formula is C15H15N3O2S. The van der Waals surface area contributed by atoms with Crippen molar-refractivity contribution in [2.24, 2.45) is 5.73 Å². The largest absolute Gasteiger partial charge is 0.329 e. The highest BCUT2D eigenvalue weighted by atomic mass is 32.1. The minimum absolute atomic E-state index is 0.240. The van der Waals surface area contributed by atoms with Crippen LogP contribution in [0.5, 0.6) is 0 Å². The van der Waals surface area contributed by atoms with Gasteiger partial charge in [-0.2, -0.15) is 0 Å². The van der Waals surface area contributed by atoms with Crippen LogP contribution in [-0.2, 0) is 0 Å². The molecule has 0 aliphatic heterocycles. The molecule has 2 heterocycles. The molecule has 0 saturated heterocycles. The third-order valence-electron chi connectivity index (χ3n) is 3.46. The van der Waals surface area contributed by atoms with Gasteiger partial charge in [0.15, 0.2) is 0 Å². The molecule has 1 atom stereocenters. The molecule has 0 saturated carbocycles. The van der Waals surface area contributed by atoms with E-state index in [-0.39, 0.29) is 18.1 Å². The van der Waals surface area contributed by atoms with Crippen LogP contribution in [0.3, 0.4) is 0 Å². The first-order valence-electron chi connectivity index (χ1n) is 6.65. The van der Waals surface area contributed by atoms with E-state index in [4.69, 9.17) is 5.73 Å². The summed E-state index contributed by atoms with van der Waals surface area (Å²) >= 11 is 1.41. The van der Waals surface area contributed by atoms with Crippen LogP contribution in [0.2, 0.25) is 0 Å². The predicted molar refractivity (Wildman–Crippen MR) is 85.9 cm³/mol. The van der Waals surface area contributed by atoms with Crippen LogP contribution in [0.1, 0.15) is 13.0 Å². The molecule has 0 amide bonds. The summed E-state index contributed by atoms with van der Waals surface area (Å²) in [4.78, 5) is 28.9. The van der Waals surface area contributed by atoms with Crippen molar-refractivity contribution in [1.29, 1.82) is 0 Å². The number of benzene rings is 1. The van der Waals surface area contributed by atoms with Gasteiger partial charge in [0.05, 0.1) is 11.4 Å². The predicted octanol–water partition coefficient (Wildman–Crippen LogP) is 1.94. The molecule has 1 aromatic carbocycles. The molecular weight excluding hydrogens is 286 g/mol. The van der Waals surface area contributed by atoms with E-state index in [1.807, 2.05) is 36.4 Å². The summed E-state index contributed by atoms with van der Waals surface area (Å²) in [5.41, 5.74) is 5.90. The third kappa shape index (κ3) is 2.32. The molecule has 21 heavy (non-hydrogen) atoms. The zero-order valence-corrected chi connectivity index (χ0v) is 12.3. The van der Waals surface area contributed by atoms with E-state index in [1.165, 1.54) is 15.9 Å². The van der Waals surface area contributed by atoms with Crippen LogP contribution in [0.25, 0.3) is 20.7 Å². The van der Waals surface area contributed by atoms with Crippen LogP contribution in [-0.4, -0.2) is 16.1 Å². The molecule has 6 heteroatoms. The molecule has 2 aromatic heterocycles. The Balaban J connectivity index is 2.26. The zero-order chi connectivity index (χ0) is 15.0. The Bertz CT molecular complexity index is 893. The number of nitrogens with two attached hydrogens (primary N) is 1. The lowest BCUT2D eigenvalue weighted by Crippen LogP contribution is -2.39. The van der Waals surface area contributed by atoms with Gasteiger partial charge in [0.2, 0.25) is 0 Å². The SMILES string of the molecule is CC(CN)n1c(=O)[nH]c2sc(-c3ccccc3)cc2c1=O. The van der Waals surface area contributed by atoms with Gasteiger partial charge >= 0.3 is 5.69 Å². The second-order valence-electron chi connectivity index (χ2n) is 4.91. The van der Waals surface area contributed by atoms with Crippen molar-refractivity contribution in [2.45, 2.75) is 13.0 Å². The van der Waals surface area contributed by atoms with Crippen molar-refractivity contribution in [3.8, 4) is 10.4 Å². The molecule has 0 aliphatic carbocycles. The Hall–Kier alpha value is -2.18. The molecule has 5 nitrogen and oxygen atoms in total. The van der Waals surface area contributed by atoms with Crippen molar-refractivity contribution in [3.63, 3.8) is 0 Å². The third-order valence-corrected chi connectivity index (χ3v) is 4.56. The van der Waals surface area contributed by atoms with E-state index in [0.29, 0.717) is 10.2 Å². The first-order valence-corrected chi connectivity index (χ1v) is 7.47. The molecule has 108 valence electrons. The average Bonchev–Trinajstić information content (AvgIpc) is 2.92. The van der Waals surface area contributed by atoms with Gasteiger partial charge < -0.3 is 5.73 Å². The van der Waals surface area contributed by atoms with Gasteiger partial charge in [0, 0.05) is 11.4 Å². The number of nitrogens with one attached hydrogen (secondary N) is 1. The summed E-state index contributed by atoms with van der Waals surface area (Å²) in [6, 6.07) is 11.3. The minimum atomic E-state index is -0.410. The van der Waals surface area contributed by atoms with E-state index in [0.717, 1.165) is 10.4 Å². The maximum atomic E-state index is 12.5. The highest BCUT2D eigenvalue weighted by Gasteiger charge is 2.15. The molecule has 0 spiro atoms. The summed E-state index contributed by atoms with van der Waals surface area (Å²) < 4.78 is 1.18. The first kappa shape index (κ1) is 13.8. The van der Waals surface area contributed by atoms with Gasteiger partial charge in [-0.25, -0.2) is 4.79 Å². The van der Waals surface area contributed by atoms with Crippen LogP contribution in [0.4, 0.5) is 0 Å². The molecule has 0 bridgehead atoms. The maximum absolute atomic E-state index is 12.5. The second kappa shape index (κ2) is 5.31.